The van der Waals surface area contributed by atoms with Crippen LogP contribution in [0.15, 0.2) is 15.0 Å². The van der Waals surface area contributed by atoms with Crippen LogP contribution in [0.1, 0.15) is 11.6 Å². The van der Waals surface area contributed by atoms with Gasteiger partial charge in [0.05, 0.1) is 17.6 Å². The fraction of sp³-hybridized carbons (Fsp3) is 0.333. The van der Waals surface area contributed by atoms with Gasteiger partial charge in [0, 0.05) is 4.47 Å². The van der Waals surface area contributed by atoms with Crippen molar-refractivity contribution in [3.8, 4) is 11.5 Å². The zero-order valence-electron chi connectivity index (χ0n) is 7.93. The Bertz CT molecular complexity index is 374. The third-order valence-electron chi connectivity index (χ3n) is 1.96. The van der Waals surface area contributed by atoms with E-state index >= 15 is 0 Å². The van der Waals surface area contributed by atoms with Crippen molar-refractivity contribution in [2.24, 2.45) is 5.73 Å². The van der Waals surface area contributed by atoms with E-state index in [0.29, 0.717) is 14.5 Å². The Labute approximate surface area is 104 Å². The van der Waals surface area contributed by atoms with E-state index in [9.17, 15) is 9.50 Å². The van der Waals surface area contributed by atoms with Crippen molar-refractivity contribution in [3.63, 3.8) is 0 Å². The van der Waals surface area contributed by atoms with E-state index in [1.54, 1.807) is 0 Å². The first-order chi connectivity index (χ1) is 7.02. The van der Waals surface area contributed by atoms with Crippen molar-refractivity contribution in [2.45, 2.75) is 6.04 Å². The third-order valence-corrected chi connectivity index (χ3v) is 4.12. The number of phenolic OH excluding ortho intramolecular Hbond substituents is 1. The fourth-order valence-corrected chi connectivity index (χ4v) is 2.14. The molecule has 0 aliphatic heterocycles. The summed E-state index contributed by atoms with van der Waals surface area (Å²) in [4.78, 5) is 0. The molecule has 1 rings (SSSR count). The van der Waals surface area contributed by atoms with Crippen LogP contribution >= 0.6 is 31.9 Å². The normalized spacial score (nSPS) is 12.6. The molecular formula is C9H10Br2FNO2. The van der Waals surface area contributed by atoms with Gasteiger partial charge in [0.1, 0.15) is 6.67 Å². The van der Waals surface area contributed by atoms with E-state index in [-0.39, 0.29) is 11.5 Å². The molecule has 0 bridgehead atoms. The Morgan fingerprint density at radius 1 is 1.53 bits per heavy atom. The van der Waals surface area contributed by atoms with Crippen LogP contribution in [0, 0.1) is 0 Å². The lowest BCUT2D eigenvalue weighted by atomic mass is 10.1. The van der Waals surface area contributed by atoms with Crippen LogP contribution in [-0.2, 0) is 0 Å². The number of nitrogens with two attached hydrogens (primary N) is 1. The highest BCUT2D eigenvalue weighted by Gasteiger charge is 2.18. The van der Waals surface area contributed by atoms with E-state index < -0.39 is 12.7 Å². The van der Waals surface area contributed by atoms with Crippen molar-refractivity contribution in [2.75, 3.05) is 13.8 Å². The second kappa shape index (κ2) is 5.14. The first-order valence-corrected chi connectivity index (χ1v) is 5.67. The monoisotopic (exact) mass is 341 g/mol. The van der Waals surface area contributed by atoms with Gasteiger partial charge in [-0.15, -0.1) is 0 Å². The number of aromatic hydroxyl groups is 1. The molecule has 0 unspecified atom stereocenters. The van der Waals surface area contributed by atoms with Gasteiger partial charge in [-0.1, -0.05) is 0 Å². The Morgan fingerprint density at radius 3 is 2.60 bits per heavy atom. The van der Waals surface area contributed by atoms with E-state index in [0.717, 1.165) is 0 Å². The van der Waals surface area contributed by atoms with Crippen LogP contribution in [0.5, 0.6) is 11.5 Å². The highest BCUT2D eigenvalue weighted by atomic mass is 79.9. The number of hydrogen-bond acceptors (Lipinski definition) is 3. The molecule has 0 saturated heterocycles. The van der Waals surface area contributed by atoms with E-state index in [2.05, 4.69) is 31.9 Å². The van der Waals surface area contributed by atoms with Gasteiger partial charge >= 0.3 is 0 Å². The Morgan fingerprint density at radius 2 is 2.13 bits per heavy atom. The lowest BCUT2D eigenvalue weighted by Crippen LogP contribution is -2.13. The molecule has 0 spiro atoms. The van der Waals surface area contributed by atoms with Crippen LogP contribution in [0.3, 0.4) is 0 Å². The number of rotatable bonds is 3. The molecule has 3 N–H and O–H groups in total. The number of benzene rings is 1. The molecule has 0 aromatic heterocycles. The highest BCUT2D eigenvalue weighted by molar-refractivity contribution is 9.13. The number of halogens is 3. The molecule has 1 aromatic rings. The van der Waals surface area contributed by atoms with E-state index in [1.165, 1.54) is 13.2 Å². The maximum atomic E-state index is 12.5. The molecule has 0 fully saturated rings. The second-order valence-corrected chi connectivity index (χ2v) is 4.49. The topological polar surface area (TPSA) is 55.5 Å². The first-order valence-electron chi connectivity index (χ1n) is 4.09. The zero-order valence-corrected chi connectivity index (χ0v) is 11.1. The van der Waals surface area contributed by atoms with E-state index in [4.69, 9.17) is 10.5 Å². The van der Waals surface area contributed by atoms with Crippen LogP contribution in [0.2, 0.25) is 0 Å². The van der Waals surface area contributed by atoms with Crippen LogP contribution in [0.4, 0.5) is 4.39 Å². The molecule has 1 aromatic carbocycles. The summed E-state index contributed by atoms with van der Waals surface area (Å²) < 4.78 is 18.3. The molecule has 0 radical (unpaired) electrons. The standard InChI is InChI=1S/C9H10Br2FNO2/c1-15-6-2-4(5(13)3-12)7(10)8(11)9(6)14/h2,5,14H,3,13H2,1H3/t5-/m0/s1. The van der Waals surface area contributed by atoms with Crippen molar-refractivity contribution in [1.82, 2.24) is 0 Å². The molecule has 0 aliphatic rings. The van der Waals surface area contributed by atoms with Crippen LogP contribution in [0.25, 0.3) is 0 Å². The molecule has 0 aliphatic carbocycles. The number of methoxy groups -OCH3 is 1. The maximum Gasteiger partial charge on any atom is 0.173 e. The highest BCUT2D eigenvalue weighted by Crippen LogP contribution is 2.43. The number of phenols is 1. The average Bonchev–Trinajstić information content (AvgIpc) is 2.25. The smallest absolute Gasteiger partial charge is 0.173 e. The van der Waals surface area contributed by atoms with Gasteiger partial charge in [0.2, 0.25) is 0 Å². The average molecular weight is 343 g/mol. The summed E-state index contributed by atoms with van der Waals surface area (Å²) in [7, 11) is 1.42. The Balaban J connectivity index is 3.35. The summed E-state index contributed by atoms with van der Waals surface area (Å²) in [5.74, 6) is 0.211. The minimum absolute atomic E-state index is 0.0424. The molecule has 0 amide bonds. The molecule has 3 nitrogen and oxygen atoms in total. The van der Waals surface area contributed by atoms with Gasteiger partial charge in [-0.25, -0.2) is 4.39 Å². The molecule has 0 saturated carbocycles. The summed E-state index contributed by atoms with van der Waals surface area (Å²) in [6, 6.07) is 0.763. The van der Waals surface area contributed by atoms with Gasteiger partial charge in [0.15, 0.2) is 11.5 Å². The largest absolute Gasteiger partial charge is 0.503 e. The van der Waals surface area contributed by atoms with Gasteiger partial charge < -0.3 is 15.6 Å². The SMILES string of the molecule is COc1cc([C@@H](N)CF)c(Br)c(Br)c1O. The van der Waals surface area contributed by atoms with Gasteiger partial charge in [-0.05, 0) is 43.5 Å². The Kier molecular flexibility index (Phi) is 4.36. The van der Waals surface area contributed by atoms with Gasteiger partial charge in [0.25, 0.3) is 0 Å². The maximum absolute atomic E-state index is 12.5. The van der Waals surface area contributed by atoms with Crippen LogP contribution < -0.4 is 10.5 Å². The summed E-state index contributed by atoms with van der Waals surface area (Å²) in [5, 5.41) is 9.62. The molecule has 6 heteroatoms. The zero-order chi connectivity index (χ0) is 11.6. The summed E-state index contributed by atoms with van der Waals surface area (Å²) >= 11 is 6.39. The van der Waals surface area contributed by atoms with Crippen molar-refractivity contribution < 1.29 is 14.2 Å². The van der Waals surface area contributed by atoms with Gasteiger partial charge in [-0.2, -0.15) is 0 Å². The van der Waals surface area contributed by atoms with Crippen molar-refractivity contribution in [1.29, 1.82) is 0 Å². The predicted octanol–water partition coefficient (Wildman–Crippen LogP) is 2.90. The quantitative estimate of drug-likeness (QED) is 0.888. The second-order valence-electron chi connectivity index (χ2n) is 2.91. The predicted molar refractivity (Wildman–Crippen MR) is 63.0 cm³/mol. The third kappa shape index (κ3) is 2.43. The summed E-state index contributed by atoms with van der Waals surface area (Å²) in [6.45, 7) is -0.682. The molecular weight excluding hydrogens is 333 g/mol. The fourth-order valence-electron chi connectivity index (χ4n) is 1.12. The summed E-state index contributed by atoms with van der Waals surface area (Å²) in [6.07, 6.45) is 0. The molecule has 15 heavy (non-hydrogen) atoms. The van der Waals surface area contributed by atoms with Crippen molar-refractivity contribution >= 4 is 31.9 Å². The lowest BCUT2D eigenvalue weighted by Gasteiger charge is -2.15. The number of ether oxygens (including phenoxy) is 1. The number of alkyl halides is 1. The van der Waals surface area contributed by atoms with Gasteiger partial charge in [-0.3, -0.25) is 0 Å². The lowest BCUT2D eigenvalue weighted by molar-refractivity contribution is 0.369. The van der Waals surface area contributed by atoms with Crippen LogP contribution in [-0.4, -0.2) is 18.9 Å². The van der Waals surface area contributed by atoms with E-state index in [1.807, 2.05) is 0 Å². The minimum Gasteiger partial charge on any atom is -0.503 e. The molecule has 1 atom stereocenters. The Hall–Kier alpha value is -0.330. The number of hydrogen-bond donors (Lipinski definition) is 2. The molecule has 84 valence electrons. The summed E-state index contributed by atoms with van der Waals surface area (Å²) in [5.41, 5.74) is 6.12. The van der Waals surface area contributed by atoms with Crippen molar-refractivity contribution in [3.05, 3.63) is 20.6 Å². The molecule has 0 heterocycles. The first kappa shape index (κ1) is 12.7. The minimum atomic E-state index is -0.745.